The number of fused-ring (bicyclic) bond motifs is 1. The summed E-state index contributed by atoms with van der Waals surface area (Å²) in [6.45, 7) is 5.34. The van der Waals surface area contributed by atoms with E-state index in [9.17, 15) is 19.1 Å². The summed E-state index contributed by atoms with van der Waals surface area (Å²) in [5, 5.41) is 21.4. The molecule has 1 saturated heterocycles. The van der Waals surface area contributed by atoms with Gasteiger partial charge in [-0.3, -0.25) is 9.69 Å². The molecule has 2 fully saturated rings. The van der Waals surface area contributed by atoms with Crippen LogP contribution in [0.5, 0.6) is 0 Å². The number of hydrogen-bond donors (Lipinski definition) is 2. The van der Waals surface area contributed by atoms with E-state index in [1.807, 2.05) is 9.47 Å². The summed E-state index contributed by atoms with van der Waals surface area (Å²) in [6.07, 6.45) is 3.91. The molecule has 30 heavy (non-hydrogen) atoms. The van der Waals surface area contributed by atoms with Crippen LogP contribution in [0.1, 0.15) is 42.6 Å². The van der Waals surface area contributed by atoms with E-state index < -0.39 is 17.2 Å². The molecule has 8 nitrogen and oxygen atoms in total. The minimum atomic E-state index is -1.29. The molecule has 0 amide bonds. The van der Waals surface area contributed by atoms with Crippen molar-refractivity contribution in [1.82, 2.24) is 9.47 Å². The summed E-state index contributed by atoms with van der Waals surface area (Å²) in [7, 11) is 0. The van der Waals surface area contributed by atoms with Crippen molar-refractivity contribution in [2.24, 2.45) is 5.16 Å². The highest BCUT2D eigenvalue weighted by Gasteiger charge is 2.28. The maximum atomic E-state index is 15.0. The molecule has 0 unspecified atom stereocenters. The van der Waals surface area contributed by atoms with Crippen molar-refractivity contribution in [2.75, 3.05) is 37.6 Å². The molecule has 2 N–H and O–H groups in total. The molecular formula is C21H25FN4O4. The molecule has 0 atom stereocenters. The van der Waals surface area contributed by atoms with E-state index in [-0.39, 0.29) is 17.0 Å². The van der Waals surface area contributed by atoms with Crippen molar-refractivity contribution in [3.05, 3.63) is 39.9 Å². The van der Waals surface area contributed by atoms with Gasteiger partial charge in [0, 0.05) is 56.8 Å². The number of pyridine rings is 1. The van der Waals surface area contributed by atoms with Crippen LogP contribution in [0.25, 0.3) is 10.9 Å². The van der Waals surface area contributed by atoms with Crippen molar-refractivity contribution in [3.8, 4) is 0 Å². The summed E-state index contributed by atoms with van der Waals surface area (Å²) in [6, 6.07) is 3.03. The first-order chi connectivity index (χ1) is 14.4. The first kappa shape index (κ1) is 20.3. The Kier molecular flexibility index (Phi) is 5.46. The van der Waals surface area contributed by atoms with Gasteiger partial charge in [0.1, 0.15) is 11.4 Å². The number of nitrogens with zero attached hydrogens (tertiary/aromatic N) is 4. The fourth-order valence-corrected chi connectivity index (χ4v) is 3.99. The molecular weight excluding hydrogens is 391 g/mol. The monoisotopic (exact) mass is 416 g/mol. The Hall–Kier alpha value is -2.94. The van der Waals surface area contributed by atoms with Gasteiger partial charge in [-0.15, -0.1) is 0 Å². The van der Waals surface area contributed by atoms with E-state index in [2.05, 4.69) is 10.1 Å². The van der Waals surface area contributed by atoms with Gasteiger partial charge in [-0.1, -0.05) is 5.16 Å². The SMILES string of the molecule is C/C(CCN1CCN(c2cc3c(cc2F)c(=O)c(C(=O)O)cn3C2CC2)CC1)=N/O. The average Bonchev–Trinajstić information content (AvgIpc) is 3.57. The van der Waals surface area contributed by atoms with Crippen LogP contribution in [0.15, 0.2) is 28.3 Å². The van der Waals surface area contributed by atoms with Crippen molar-refractivity contribution < 1.29 is 19.5 Å². The molecule has 0 spiro atoms. The van der Waals surface area contributed by atoms with E-state index in [0.29, 0.717) is 36.4 Å². The van der Waals surface area contributed by atoms with Gasteiger partial charge in [0.25, 0.3) is 0 Å². The van der Waals surface area contributed by atoms with Gasteiger partial charge in [0.05, 0.1) is 16.9 Å². The zero-order valence-electron chi connectivity index (χ0n) is 16.8. The summed E-state index contributed by atoms with van der Waals surface area (Å²) < 4.78 is 16.8. The number of aromatic nitrogens is 1. The number of rotatable bonds is 6. The number of anilines is 1. The van der Waals surface area contributed by atoms with Gasteiger partial charge < -0.3 is 19.8 Å². The molecule has 4 rings (SSSR count). The van der Waals surface area contributed by atoms with Crippen LogP contribution in [0, 0.1) is 5.82 Å². The molecule has 2 heterocycles. The third-order valence-electron chi connectivity index (χ3n) is 5.94. The number of carbonyl (C=O) groups is 1. The Bertz CT molecular complexity index is 1070. The van der Waals surface area contributed by atoms with Gasteiger partial charge >= 0.3 is 5.97 Å². The Morgan fingerprint density at radius 3 is 2.53 bits per heavy atom. The van der Waals surface area contributed by atoms with Crippen molar-refractivity contribution in [2.45, 2.75) is 32.2 Å². The highest BCUT2D eigenvalue weighted by Crippen LogP contribution is 2.38. The van der Waals surface area contributed by atoms with E-state index in [4.69, 9.17) is 5.21 Å². The summed E-state index contributed by atoms with van der Waals surface area (Å²) in [5.41, 5.74) is 0.729. The van der Waals surface area contributed by atoms with E-state index in [1.165, 1.54) is 12.3 Å². The molecule has 0 bridgehead atoms. The molecule has 9 heteroatoms. The van der Waals surface area contributed by atoms with Gasteiger partial charge in [0.2, 0.25) is 5.43 Å². The molecule has 1 saturated carbocycles. The van der Waals surface area contributed by atoms with Gasteiger partial charge in [-0.25, -0.2) is 9.18 Å². The molecule has 2 aliphatic rings. The molecule has 2 aromatic rings. The number of carboxylic acids is 1. The third kappa shape index (κ3) is 3.89. The van der Waals surface area contributed by atoms with E-state index >= 15 is 0 Å². The highest BCUT2D eigenvalue weighted by molar-refractivity contribution is 5.93. The van der Waals surface area contributed by atoms with Gasteiger partial charge in [0.15, 0.2) is 0 Å². The van der Waals surface area contributed by atoms with Crippen molar-refractivity contribution in [3.63, 3.8) is 0 Å². The Labute approximate surface area is 172 Å². The standard InChI is InChI=1S/C21H25FN4O4/c1-13(23-30)4-5-24-6-8-25(9-7-24)19-11-18-15(10-17(19)22)20(27)16(21(28)29)12-26(18)14-2-3-14/h10-12,14,30H,2-9H2,1H3,(H,28,29)/b23-13-. The number of hydrogen-bond acceptors (Lipinski definition) is 6. The molecule has 1 aliphatic heterocycles. The van der Waals surface area contributed by atoms with Gasteiger partial charge in [-0.2, -0.15) is 0 Å². The number of benzene rings is 1. The number of carboxylic acid groups (broad SMARTS) is 1. The van der Waals surface area contributed by atoms with Crippen LogP contribution in [-0.2, 0) is 0 Å². The lowest BCUT2D eigenvalue weighted by Gasteiger charge is -2.36. The number of aromatic carboxylic acids is 1. The molecule has 1 aliphatic carbocycles. The van der Waals surface area contributed by atoms with Crippen LogP contribution in [0.3, 0.4) is 0 Å². The number of halogens is 1. The first-order valence-electron chi connectivity index (χ1n) is 10.2. The second-order valence-electron chi connectivity index (χ2n) is 8.05. The van der Waals surface area contributed by atoms with E-state index in [1.54, 1.807) is 13.0 Å². The molecule has 1 aromatic carbocycles. The zero-order valence-corrected chi connectivity index (χ0v) is 16.8. The summed E-state index contributed by atoms with van der Waals surface area (Å²) in [5.74, 6) is -1.81. The highest BCUT2D eigenvalue weighted by atomic mass is 19.1. The number of oxime groups is 1. The Morgan fingerprint density at radius 2 is 1.93 bits per heavy atom. The summed E-state index contributed by atoms with van der Waals surface area (Å²) >= 11 is 0. The predicted molar refractivity (Wildman–Crippen MR) is 112 cm³/mol. The van der Waals surface area contributed by atoms with Crippen molar-refractivity contribution >= 4 is 28.3 Å². The topological polar surface area (TPSA) is 98.4 Å². The van der Waals surface area contributed by atoms with E-state index in [0.717, 1.165) is 32.5 Å². The van der Waals surface area contributed by atoms with Crippen LogP contribution in [0.2, 0.25) is 0 Å². The Morgan fingerprint density at radius 1 is 1.23 bits per heavy atom. The minimum Gasteiger partial charge on any atom is -0.477 e. The van der Waals surface area contributed by atoms with Gasteiger partial charge in [-0.05, 0) is 31.9 Å². The largest absolute Gasteiger partial charge is 0.477 e. The van der Waals surface area contributed by atoms with Crippen LogP contribution < -0.4 is 10.3 Å². The van der Waals surface area contributed by atoms with Crippen LogP contribution >= 0.6 is 0 Å². The fraction of sp³-hybridized carbons (Fsp3) is 0.476. The van der Waals surface area contributed by atoms with Crippen molar-refractivity contribution in [1.29, 1.82) is 0 Å². The zero-order chi connectivity index (χ0) is 21.4. The third-order valence-corrected chi connectivity index (χ3v) is 5.94. The Balaban J connectivity index is 1.62. The number of piperazine rings is 1. The smallest absolute Gasteiger partial charge is 0.341 e. The quantitative estimate of drug-likeness (QED) is 0.427. The lowest BCUT2D eigenvalue weighted by Crippen LogP contribution is -2.47. The lowest BCUT2D eigenvalue weighted by molar-refractivity contribution is 0.0695. The molecule has 1 aromatic heterocycles. The lowest BCUT2D eigenvalue weighted by atomic mass is 10.1. The first-order valence-corrected chi connectivity index (χ1v) is 10.2. The minimum absolute atomic E-state index is 0.112. The predicted octanol–water partition coefficient (Wildman–Crippen LogP) is 2.54. The maximum Gasteiger partial charge on any atom is 0.341 e. The maximum absolute atomic E-state index is 15.0. The fourth-order valence-electron chi connectivity index (χ4n) is 3.99. The van der Waals surface area contributed by atoms with Crippen LogP contribution in [-0.4, -0.2) is 64.2 Å². The molecule has 160 valence electrons. The normalized spacial score (nSPS) is 18.2. The average molecular weight is 416 g/mol. The second-order valence-corrected chi connectivity index (χ2v) is 8.05. The second kappa shape index (κ2) is 8.06. The molecule has 0 radical (unpaired) electrons. The summed E-state index contributed by atoms with van der Waals surface area (Å²) in [4.78, 5) is 28.3. The van der Waals surface area contributed by atoms with Crippen LogP contribution in [0.4, 0.5) is 10.1 Å².